The van der Waals surface area contributed by atoms with E-state index in [0.29, 0.717) is 28.6 Å². The second kappa shape index (κ2) is 9.32. The molecule has 0 spiro atoms. The van der Waals surface area contributed by atoms with Gasteiger partial charge in [-0.25, -0.2) is 0 Å². The lowest BCUT2D eigenvalue weighted by Crippen LogP contribution is -2.20. The van der Waals surface area contributed by atoms with E-state index in [1.807, 2.05) is 6.07 Å². The average molecular weight is 408 g/mol. The van der Waals surface area contributed by atoms with Crippen molar-refractivity contribution in [3.05, 3.63) is 59.9 Å². The molecule has 1 heterocycles. The average Bonchev–Trinajstić information content (AvgIpc) is 3.17. The van der Waals surface area contributed by atoms with Crippen molar-refractivity contribution >= 4 is 23.6 Å². The lowest BCUT2D eigenvalue weighted by molar-refractivity contribution is -0.120. The summed E-state index contributed by atoms with van der Waals surface area (Å²) in [6.07, 6.45) is 3.03. The van der Waals surface area contributed by atoms with Crippen LogP contribution in [0.3, 0.4) is 0 Å². The van der Waals surface area contributed by atoms with E-state index in [1.165, 1.54) is 13.2 Å². The first-order chi connectivity index (χ1) is 14.5. The number of ether oxygens (including phenoxy) is 2. The molecule has 10 heteroatoms. The summed E-state index contributed by atoms with van der Waals surface area (Å²) in [6.45, 7) is 1.53. The molecular formula is C20H20N6O4. The Bertz CT molecular complexity index is 1090. The van der Waals surface area contributed by atoms with Crippen molar-refractivity contribution in [3.63, 3.8) is 0 Å². The molecule has 0 bridgehead atoms. The lowest BCUT2D eigenvalue weighted by atomic mass is 10.2. The minimum absolute atomic E-state index is 0.253. The Morgan fingerprint density at radius 2 is 2.03 bits per heavy atom. The van der Waals surface area contributed by atoms with Gasteiger partial charge >= 0.3 is 0 Å². The van der Waals surface area contributed by atoms with Crippen molar-refractivity contribution in [2.24, 2.45) is 5.73 Å². The molecule has 0 fully saturated rings. The molecule has 0 saturated heterocycles. The van der Waals surface area contributed by atoms with Crippen molar-refractivity contribution in [1.29, 1.82) is 0 Å². The van der Waals surface area contributed by atoms with Crippen molar-refractivity contribution in [1.82, 2.24) is 20.2 Å². The summed E-state index contributed by atoms with van der Waals surface area (Å²) in [4.78, 5) is 23.2. The second-order valence-corrected chi connectivity index (χ2v) is 6.18. The molecule has 154 valence electrons. The molecule has 3 aromatic rings. The number of nitrogens with one attached hydrogen (secondary N) is 1. The van der Waals surface area contributed by atoms with Gasteiger partial charge in [0, 0.05) is 11.8 Å². The molecule has 0 aliphatic rings. The van der Waals surface area contributed by atoms with Gasteiger partial charge in [0.05, 0.1) is 12.8 Å². The number of primary amides is 1. The Balaban J connectivity index is 1.67. The number of aromatic nitrogens is 4. The molecule has 0 atom stereocenters. The molecule has 0 aliphatic carbocycles. The zero-order chi connectivity index (χ0) is 21.5. The topological polar surface area (TPSA) is 134 Å². The minimum Gasteiger partial charge on any atom is -0.493 e. The minimum atomic E-state index is -0.586. The lowest BCUT2D eigenvalue weighted by Gasteiger charge is -2.10. The Labute approximate surface area is 172 Å². The predicted octanol–water partition coefficient (Wildman–Crippen LogP) is 1.50. The highest BCUT2D eigenvalue weighted by molar-refractivity contribution is 6.02. The number of aryl methyl sites for hydroxylation is 1. The summed E-state index contributed by atoms with van der Waals surface area (Å²) in [5, 5.41) is 14.2. The highest BCUT2D eigenvalue weighted by Crippen LogP contribution is 2.28. The van der Waals surface area contributed by atoms with Gasteiger partial charge in [0.1, 0.15) is 0 Å². The Morgan fingerprint density at radius 1 is 1.20 bits per heavy atom. The normalized spacial score (nSPS) is 10.7. The van der Waals surface area contributed by atoms with Crippen LogP contribution in [0.5, 0.6) is 11.5 Å². The van der Waals surface area contributed by atoms with Crippen LogP contribution in [0.1, 0.15) is 11.4 Å². The standard InChI is InChI=1S/C20H20N6O4/c1-13-23-24-25-26(13)16-5-3-4-15(11-16)22-20(28)9-7-14-6-8-17(18(10-14)29-2)30-12-19(21)27/h3-11H,12H2,1-2H3,(H2,21,27)(H,22,28)/b9-7+. The highest BCUT2D eigenvalue weighted by atomic mass is 16.5. The van der Waals surface area contributed by atoms with Crippen LogP contribution in [-0.4, -0.2) is 45.7 Å². The monoisotopic (exact) mass is 408 g/mol. The van der Waals surface area contributed by atoms with E-state index >= 15 is 0 Å². The van der Waals surface area contributed by atoms with E-state index in [1.54, 1.807) is 54.1 Å². The number of hydrogen-bond donors (Lipinski definition) is 2. The summed E-state index contributed by atoms with van der Waals surface area (Å²) in [5.74, 6) is 0.539. The summed E-state index contributed by atoms with van der Waals surface area (Å²) in [5.41, 5.74) is 7.13. The number of carbonyl (C=O) groups excluding carboxylic acids is 2. The zero-order valence-corrected chi connectivity index (χ0v) is 16.4. The van der Waals surface area contributed by atoms with Crippen LogP contribution in [0.15, 0.2) is 48.5 Å². The van der Waals surface area contributed by atoms with Crippen LogP contribution in [0.2, 0.25) is 0 Å². The number of hydrogen-bond acceptors (Lipinski definition) is 7. The van der Waals surface area contributed by atoms with Gasteiger partial charge in [0.25, 0.3) is 5.91 Å². The van der Waals surface area contributed by atoms with Gasteiger partial charge in [0.2, 0.25) is 5.91 Å². The van der Waals surface area contributed by atoms with Crippen LogP contribution in [0.25, 0.3) is 11.8 Å². The molecule has 2 aromatic carbocycles. The molecule has 3 N–H and O–H groups in total. The third-order valence-corrected chi connectivity index (χ3v) is 3.97. The van der Waals surface area contributed by atoms with Crippen LogP contribution in [0.4, 0.5) is 5.69 Å². The molecular weight excluding hydrogens is 388 g/mol. The maximum Gasteiger partial charge on any atom is 0.255 e. The molecule has 30 heavy (non-hydrogen) atoms. The Kier molecular flexibility index (Phi) is 6.38. The number of amides is 2. The first kappa shape index (κ1) is 20.5. The summed E-state index contributed by atoms with van der Waals surface area (Å²) in [6, 6.07) is 12.2. The largest absolute Gasteiger partial charge is 0.493 e. The fourth-order valence-electron chi connectivity index (χ4n) is 2.60. The van der Waals surface area contributed by atoms with E-state index in [0.717, 1.165) is 5.69 Å². The number of anilines is 1. The number of rotatable bonds is 8. The molecule has 0 aliphatic heterocycles. The molecule has 3 rings (SSSR count). The van der Waals surface area contributed by atoms with Gasteiger partial charge in [0.15, 0.2) is 23.9 Å². The number of tetrazole rings is 1. The molecule has 1 aromatic heterocycles. The van der Waals surface area contributed by atoms with E-state index in [-0.39, 0.29) is 12.5 Å². The van der Waals surface area contributed by atoms with Crippen molar-refractivity contribution in [2.75, 3.05) is 19.0 Å². The number of benzene rings is 2. The molecule has 0 saturated carbocycles. The predicted molar refractivity (Wildman–Crippen MR) is 109 cm³/mol. The summed E-state index contributed by atoms with van der Waals surface area (Å²) in [7, 11) is 1.48. The summed E-state index contributed by atoms with van der Waals surface area (Å²) >= 11 is 0. The van der Waals surface area contributed by atoms with E-state index in [4.69, 9.17) is 15.2 Å². The maximum atomic E-state index is 12.3. The number of nitrogens with two attached hydrogens (primary N) is 1. The van der Waals surface area contributed by atoms with Crippen molar-refractivity contribution in [2.45, 2.75) is 6.92 Å². The molecule has 10 nitrogen and oxygen atoms in total. The molecule has 2 amide bonds. The fraction of sp³-hybridized carbons (Fsp3) is 0.150. The zero-order valence-electron chi connectivity index (χ0n) is 16.4. The van der Waals surface area contributed by atoms with Crippen molar-refractivity contribution < 1.29 is 19.1 Å². The van der Waals surface area contributed by atoms with Crippen molar-refractivity contribution in [3.8, 4) is 17.2 Å². The van der Waals surface area contributed by atoms with Gasteiger partial charge < -0.3 is 20.5 Å². The van der Waals surface area contributed by atoms with E-state index in [9.17, 15) is 9.59 Å². The number of nitrogens with zero attached hydrogens (tertiary/aromatic N) is 4. The van der Waals surface area contributed by atoms with Gasteiger partial charge in [-0.15, -0.1) is 5.10 Å². The molecule has 0 unspecified atom stereocenters. The van der Waals surface area contributed by atoms with E-state index < -0.39 is 5.91 Å². The highest BCUT2D eigenvalue weighted by Gasteiger charge is 2.08. The smallest absolute Gasteiger partial charge is 0.255 e. The Morgan fingerprint density at radius 3 is 2.73 bits per heavy atom. The third kappa shape index (κ3) is 5.19. The van der Waals surface area contributed by atoms with Crippen LogP contribution in [0, 0.1) is 6.92 Å². The van der Waals surface area contributed by atoms with E-state index in [2.05, 4.69) is 20.8 Å². The maximum absolute atomic E-state index is 12.3. The SMILES string of the molecule is COc1cc(/C=C/C(=O)Nc2cccc(-n3nnnc3C)c2)ccc1OCC(N)=O. The fourth-order valence-corrected chi connectivity index (χ4v) is 2.60. The number of methoxy groups -OCH3 is 1. The van der Waals surface area contributed by atoms with Crippen LogP contribution < -0.4 is 20.5 Å². The first-order valence-corrected chi connectivity index (χ1v) is 8.90. The molecule has 0 radical (unpaired) electrons. The Hall–Kier alpha value is -4.21. The summed E-state index contributed by atoms with van der Waals surface area (Å²) < 4.78 is 12.1. The first-order valence-electron chi connectivity index (χ1n) is 8.90. The van der Waals surface area contributed by atoms with Crippen LogP contribution in [-0.2, 0) is 9.59 Å². The van der Waals surface area contributed by atoms with Gasteiger partial charge in [-0.1, -0.05) is 12.1 Å². The van der Waals surface area contributed by atoms with Gasteiger partial charge in [-0.05, 0) is 59.3 Å². The van der Waals surface area contributed by atoms with Gasteiger partial charge in [-0.2, -0.15) is 4.68 Å². The van der Waals surface area contributed by atoms with Crippen LogP contribution >= 0.6 is 0 Å². The number of carbonyl (C=O) groups is 2. The third-order valence-electron chi connectivity index (χ3n) is 3.97. The second-order valence-electron chi connectivity index (χ2n) is 6.18. The van der Waals surface area contributed by atoms with Gasteiger partial charge in [-0.3, -0.25) is 9.59 Å². The quantitative estimate of drug-likeness (QED) is 0.539.